The Labute approximate surface area is 124 Å². The summed E-state index contributed by atoms with van der Waals surface area (Å²) in [7, 11) is 0. The van der Waals surface area contributed by atoms with Crippen LogP contribution in [0.3, 0.4) is 0 Å². The van der Waals surface area contributed by atoms with Gasteiger partial charge in [0.1, 0.15) is 12.0 Å². The summed E-state index contributed by atoms with van der Waals surface area (Å²) in [6, 6.07) is 5.66. The number of aldehydes is 1. The van der Waals surface area contributed by atoms with Crippen molar-refractivity contribution < 1.29 is 32.6 Å². The third-order valence-corrected chi connectivity index (χ3v) is 3.68. The molecule has 1 aliphatic heterocycles. The van der Waals surface area contributed by atoms with E-state index in [1.165, 1.54) is 24.3 Å². The van der Waals surface area contributed by atoms with Crippen LogP contribution in [0, 0.1) is 5.41 Å². The lowest BCUT2D eigenvalue weighted by Gasteiger charge is -2.48. The number of para-hydroxylation sites is 1. The van der Waals surface area contributed by atoms with Gasteiger partial charge in [-0.15, -0.1) is 0 Å². The Bertz CT molecular complexity index is 661. The van der Waals surface area contributed by atoms with E-state index in [1.807, 2.05) is 0 Å². The van der Waals surface area contributed by atoms with Crippen LogP contribution < -0.4 is 9.84 Å². The molecule has 0 amide bonds. The lowest BCUT2D eigenvalue weighted by Crippen LogP contribution is -2.65. The van der Waals surface area contributed by atoms with Crippen molar-refractivity contribution in [3.05, 3.63) is 35.4 Å². The van der Waals surface area contributed by atoms with Gasteiger partial charge in [0.15, 0.2) is 0 Å². The monoisotopic (exact) mass is 313 g/mol. The molecule has 2 rings (SSSR count). The van der Waals surface area contributed by atoms with Gasteiger partial charge in [0.05, 0.1) is 11.4 Å². The minimum absolute atomic E-state index is 0.0329. The number of carbonyl (C=O) groups is 2. The van der Waals surface area contributed by atoms with E-state index >= 15 is 0 Å². The number of carbonyl (C=O) groups excluding carboxylic acids is 2. The smallest absolute Gasteiger partial charge is 0.433 e. The summed E-state index contributed by atoms with van der Waals surface area (Å²) in [5.74, 6) is -2.19. The molecular weight excluding hydrogens is 301 g/mol. The molecule has 1 heterocycles. The number of benzene rings is 1. The van der Waals surface area contributed by atoms with Crippen molar-refractivity contribution in [1.82, 2.24) is 0 Å². The second-order valence-corrected chi connectivity index (χ2v) is 5.50. The average Bonchev–Trinajstić information content (AvgIpc) is 2.44. The first-order chi connectivity index (χ1) is 10.1. The molecule has 1 atom stereocenters. The predicted octanol–water partition coefficient (Wildman–Crippen LogP) is 1.74. The summed E-state index contributed by atoms with van der Waals surface area (Å²) in [5, 5.41) is 11.3. The quantitative estimate of drug-likeness (QED) is 0.797. The predicted molar refractivity (Wildman–Crippen MR) is 68.7 cm³/mol. The number of fused-ring (bicyclic) bond motifs is 1. The van der Waals surface area contributed by atoms with Gasteiger partial charge in [-0.05, 0) is 26.0 Å². The summed E-state index contributed by atoms with van der Waals surface area (Å²) < 4.78 is 46.4. The van der Waals surface area contributed by atoms with Gasteiger partial charge in [-0.1, -0.05) is 18.2 Å². The molecule has 0 aliphatic carbocycles. The minimum atomic E-state index is -5.14. The van der Waals surface area contributed by atoms with Gasteiger partial charge in [0.25, 0.3) is 0 Å². The van der Waals surface area contributed by atoms with Crippen LogP contribution in [0.1, 0.15) is 19.4 Å². The number of ether oxygens (including phenoxy) is 1. The van der Waals surface area contributed by atoms with Crippen LogP contribution in [0.5, 0.6) is 5.75 Å². The summed E-state index contributed by atoms with van der Waals surface area (Å²) in [5.41, 5.74) is -6.46. The van der Waals surface area contributed by atoms with Gasteiger partial charge in [-0.3, -0.25) is 0 Å². The van der Waals surface area contributed by atoms with E-state index in [-0.39, 0.29) is 17.6 Å². The van der Waals surface area contributed by atoms with Crippen LogP contribution in [0.2, 0.25) is 0 Å². The maximum Gasteiger partial charge on any atom is 0.433 e. The van der Waals surface area contributed by atoms with Crippen molar-refractivity contribution in [2.75, 3.05) is 0 Å². The van der Waals surface area contributed by atoms with Crippen molar-refractivity contribution in [1.29, 1.82) is 0 Å². The van der Waals surface area contributed by atoms with Crippen LogP contribution >= 0.6 is 0 Å². The van der Waals surface area contributed by atoms with Gasteiger partial charge in [0.2, 0.25) is 5.60 Å². The summed E-state index contributed by atoms with van der Waals surface area (Å²) >= 11 is 0. The summed E-state index contributed by atoms with van der Waals surface area (Å²) in [4.78, 5) is 22.6. The summed E-state index contributed by atoms with van der Waals surface area (Å²) in [6.07, 6.45) is -4.27. The highest BCUT2D eigenvalue weighted by Crippen LogP contribution is 2.53. The van der Waals surface area contributed by atoms with Crippen molar-refractivity contribution in [3.63, 3.8) is 0 Å². The SMILES string of the molecule is CC(C)(C=O)C1(C(F)(F)F)Oc2ccccc2C=C1C(=O)[O-]. The van der Waals surface area contributed by atoms with Crippen molar-refractivity contribution in [3.8, 4) is 5.75 Å². The number of hydrogen-bond acceptors (Lipinski definition) is 4. The first-order valence-corrected chi connectivity index (χ1v) is 6.31. The Morgan fingerprint density at radius 3 is 2.36 bits per heavy atom. The van der Waals surface area contributed by atoms with Crippen LogP contribution in [0.4, 0.5) is 13.2 Å². The molecular formula is C15H12F3O4-. The molecule has 22 heavy (non-hydrogen) atoms. The third-order valence-electron chi connectivity index (χ3n) is 3.68. The van der Waals surface area contributed by atoms with Crippen molar-refractivity contribution >= 4 is 18.3 Å². The van der Waals surface area contributed by atoms with E-state index in [4.69, 9.17) is 4.74 Å². The lowest BCUT2D eigenvalue weighted by atomic mass is 9.69. The Kier molecular flexibility index (Phi) is 3.55. The van der Waals surface area contributed by atoms with E-state index in [0.29, 0.717) is 0 Å². The molecule has 1 unspecified atom stereocenters. The molecule has 1 aliphatic rings. The van der Waals surface area contributed by atoms with Gasteiger partial charge in [-0.2, -0.15) is 13.2 Å². The molecule has 1 aromatic carbocycles. The maximum absolute atomic E-state index is 13.8. The highest BCUT2D eigenvalue weighted by atomic mass is 19.4. The Morgan fingerprint density at radius 2 is 1.86 bits per heavy atom. The number of aliphatic carboxylic acids is 1. The van der Waals surface area contributed by atoms with Crippen molar-refractivity contribution in [2.24, 2.45) is 5.41 Å². The largest absolute Gasteiger partial charge is 0.545 e. The number of alkyl halides is 3. The standard InChI is InChI=1S/C15H13F3O4/c1-13(2,8-19)14(15(16,17)18)10(12(20)21)7-9-5-3-4-6-11(9)22-14/h3-8H,1-2H3,(H,20,21)/p-1. The molecule has 0 bridgehead atoms. The van der Waals surface area contributed by atoms with Gasteiger partial charge < -0.3 is 19.4 Å². The first kappa shape index (κ1) is 16.1. The third kappa shape index (κ3) is 2.08. The number of carboxylic acids is 1. The fraction of sp³-hybridized carbons (Fsp3) is 0.333. The second kappa shape index (κ2) is 4.86. The van der Waals surface area contributed by atoms with Gasteiger partial charge >= 0.3 is 6.18 Å². The zero-order valence-corrected chi connectivity index (χ0v) is 11.7. The lowest BCUT2D eigenvalue weighted by molar-refractivity contribution is -0.311. The van der Waals surface area contributed by atoms with E-state index < -0.39 is 28.7 Å². The van der Waals surface area contributed by atoms with Gasteiger partial charge in [0, 0.05) is 11.1 Å². The number of carboxylic acid groups (broad SMARTS) is 1. The van der Waals surface area contributed by atoms with E-state index in [0.717, 1.165) is 19.9 Å². The molecule has 1 aromatic rings. The molecule has 0 spiro atoms. The Hall–Kier alpha value is -2.31. The highest BCUT2D eigenvalue weighted by Gasteiger charge is 2.69. The molecule has 0 fully saturated rings. The van der Waals surface area contributed by atoms with Gasteiger partial charge in [-0.25, -0.2) is 0 Å². The molecule has 7 heteroatoms. The summed E-state index contributed by atoms with van der Waals surface area (Å²) in [6.45, 7) is 1.94. The molecule has 118 valence electrons. The van der Waals surface area contributed by atoms with Crippen molar-refractivity contribution in [2.45, 2.75) is 25.6 Å². The fourth-order valence-electron chi connectivity index (χ4n) is 2.51. The molecule has 4 nitrogen and oxygen atoms in total. The average molecular weight is 313 g/mol. The molecule has 0 radical (unpaired) electrons. The van der Waals surface area contributed by atoms with E-state index in [2.05, 4.69) is 0 Å². The van der Waals surface area contributed by atoms with E-state index in [1.54, 1.807) is 0 Å². The first-order valence-electron chi connectivity index (χ1n) is 6.31. The molecule has 0 saturated carbocycles. The molecule has 0 N–H and O–H groups in total. The van der Waals surface area contributed by atoms with Crippen LogP contribution in [0.25, 0.3) is 6.08 Å². The van der Waals surface area contributed by atoms with Crippen LogP contribution in [0.15, 0.2) is 29.8 Å². The van der Waals surface area contributed by atoms with Crippen LogP contribution in [-0.2, 0) is 9.59 Å². The fourth-order valence-corrected chi connectivity index (χ4v) is 2.51. The number of hydrogen-bond donors (Lipinski definition) is 0. The van der Waals surface area contributed by atoms with Crippen LogP contribution in [-0.4, -0.2) is 24.0 Å². The number of rotatable bonds is 3. The molecule has 0 saturated heterocycles. The zero-order valence-electron chi connectivity index (χ0n) is 11.7. The zero-order chi connectivity index (χ0) is 16.8. The Morgan fingerprint density at radius 1 is 1.27 bits per heavy atom. The highest BCUT2D eigenvalue weighted by molar-refractivity contribution is 5.96. The molecule has 0 aromatic heterocycles. The normalized spacial score (nSPS) is 21.4. The van der Waals surface area contributed by atoms with E-state index in [9.17, 15) is 27.9 Å². The Balaban J connectivity index is 2.84. The maximum atomic E-state index is 13.8. The second-order valence-electron chi connectivity index (χ2n) is 5.50. The minimum Gasteiger partial charge on any atom is -0.545 e. The number of halogens is 3. The topological polar surface area (TPSA) is 66.4 Å².